The second-order valence-corrected chi connectivity index (χ2v) is 5.71. The Kier molecular flexibility index (Phi) is 3.72. The molecule has 2 fully saturated rings. The van der Waals surface area contributed by atoms with Crippen LogP contribution in [0.25, 0.3) is 0 Å². The van der Waals surface area contributed by atoms with Gasteiger partial charge in [-0.05, 0) is 43.7 Å². The zero-order chi connectivity index (χ0) is 13.1. The summed E-state index contributed by atoms with van der Waals surface area (Å²) in [6.07, 6.45) is 6.33. The Morgan fingerprint density at radius 2 is 1.95 bits per heavy atom. The Morgan fingerprint density at radius 3 is 2.79 bits per heavy atom. The number of hydrogen-bond donors (Lipinski definition) is 1. The minimum absolute atomic E-state index is 0.264. The second-order valence-electron chi connectivity index (χ2n) is 5.71. The van der Waals surface area contributed by atoms with Gasteiger partial charge in [-0.1, -0.05) is 24.6 Å². The Hall–Kier alpha value is -1.51. The third-order valence-corrected chi connectivity index (χ3v) is 4.53. The topological polar surface area (TPSA) is 32.3 Å². The maximum Gasteiger partial charge on any atom is 0.242 e. The highest BCUT2D eigenvalue weighted by molar-refractivity contribution is 5.81. The molecule has 3 rings (SSSR count). The normalized spacial score (nSPS) is 26.0. The Balaban J connectivity index is 1.57. The quantitative estimate of drug-likeness (QED) is 0.904. The molecule has 1 aromatic rings. The summed E-state index contributed by atoms with van der Waals surface area (Å²) in [5, 5.41) is 3.23. The van der Waals surface area contributed by atoms with Gasteiger partial charge in [0.2, 0.25) is 5.91 Å². The molecule has 1 saturated heterocycles. The zero-order valence-electron chi connectivity index (χ0n) is 11.3. The first kappa shape index (κ1) is 12.5. The van der Waals surface area contributed by atoms with Crippen LogP contribution in [0, 0.1) is 5.92 Å². The van der Waals surface area contributed by atoms with Gasteiger partial charge in [0.1, 0.15) is 0 Å². The van der Waals surface area contributed by atoms with Gasteiger partial charge in [0.15, 0.2) is 0 Å². The molecule has 2 aliphatic rings. The molecular formula is C16H22N2O. The lowest BCUT2D eigenvalue weighted by atomic mass is 9.92. The third kappa shape index (κ3) is 2.75. The van der Waals surface area contributed by atoms with E-state index < -0.39 is 0 Å². The van der Waals surface area contributed by atoms with Crippen molar-refractivity contribution in [3.8, 4) is 0 Å². The van der Waals surface area contributed by atoms with Crippen LogP contribution >= 0.6 is 0 Å². The number of nitrogens with one attached hydrogen (secondary N) is 1. The molecule has 19 heavy (non-hydrogen) atoms. The van der Waals surface area contributed by atoms with E-state index in [0.29, 0.717) is 12.6 Å². The standard InChI is InChI=1S/C16H22N2O/c19-16(12-17-14-8-2-1-3-9-14)18-11-5-7-13-6-4-10-15(13)18/h1-3,8-9,13,15,17H,4-7,10-12H2. The van der Waals surface area contributed by atoms with Crippen molar-refractivity contribution in [2.45, 2.75) is 38.1 Å². The summed E-state index contributed by atoms with van der Waals surface area (Å²) >= 11 is 0. The Labute approximate surface area is 115 Å². The maximum atomic E-state index is 12.4. The summed E-state index contributed by atoms with van der Waals surface area (Å²) in [5.74, 6) is 1.04. The van der Waals surface area contributed by atoms with Crippen molar-refractivity contribution in [2.24, 2.45) is 5.92 Å². The average Bonchev–Trinajstić information content (AvgIpc) is 2.94. The number of anilines is 1. The number of rotatable bonds is 3. The number of likely N-dealkylation sites (tertiary alicyclic amines) is 1. The van der Waals surface area contributed by atoms with Gasteiger partial charge in [-0.15, -0.1) is 0 Å². The number of nitrogens with zero attached hydrogens (tertiary/aromatic N) is 1. The van der Waals surface area contributed by atoms with Gasteiger partial charge in [-0.2, -0.15) is 0 Å². The second kappa shape index (κ2) is 5.64. The molecule has 1 saturated carbocycles. The van der Waals surface area contributed by atoms with Crippen molar-refractivity contribution < 1.29 is 4.79 Å². The molecular weight excluding hydrogens is 236 g/mol. The number of hydrogen-bond acceptors (Lipinski definition) is 2. The molecule has 2 atom stereocenters. The molecule has 1 N–H and O–H groups in total. The van der Waals surface area contributed by atoms with E-state index in [9.17, 15) is 4.79 Å². The van der Waals surface area contributed by atoms with E-state index in [2.05, 4.69) is 10.2 Å². The average molecular weight is 258 g/mol. The van der Waals surface area contributed by atoms with Crippen molar-refractivity contribution in [3.63, 3.8) is 0 Å². The highest BCUT2D eigenvalue weighted by Crippen LogP contribution is 2.36. The molecule has 1 aliphatic heterocycles. The van der Waals surface area contributed by atoms with Gasteiger partial charge in [0.25, 0.3) is 0 Å². The van der Waals surface area contributed by atoms with Crippen LogP contribution in [0.2, 0.25) is 0 Å². The summed E-state index contributed by atoms with van der Waals surface area (Å²) in [7, 11) is 0. The fourth-order valence-electron chi connectivity index (χ4n) is 3.60. The molecule has 0 aromatic heterocycles. The number of piperidine rings is 1. The van der Waals surface area contributed by atoms with Crippen molar-refractivity contribution >= 4 is 11.6 Å². The summed E-state index contributed by atoms with van der Waals surface area (Å²) in [6.45, 7) is 1.38. The lowest BCUT2D eigenvalue weighted by molar-refractivity contribution is -0.133. The van der Waals surface area contributed by atoms with Gasteiger partial charge >= 0.3 is 0 Å². The summed E-state index contributed by atoms with van der Waals surface area (Å²) in [4.78, 5) is 14.5. The minimum Gasteiger partial charge on any atom is -0.376 e. The summed E-state index contributed by atoms with van der Waals surface area (Å²) < 4.78 is 0. The van der Waals surface area contributed by atoms with E-state index in [1.165, 1.54) is 32.1 Å². The van der Waals surface area contributed by atoms with Gasteiger partial charge in [-0.25, -0.2) is 0 Å². The minimum atomic E-state index is 0.264. The first-order valence-electron chi connectivity index (χ1n) is 7.43. The number of carbonyl (C=O) groups is 1. The molecule has 3 nitrogen and oxygen atoms in total. The largest absolute Gasteiger partial charge is 0.376 e. The predicted octanol–water partition coefficient (Wildman–Crippen LogP) is 2.89. The Morgan fingerprint density at radius 1 is 1.16 bits per heavy atom. The summed E-state index contributed by atoms with van der Waals surface area (Å²) in [5.41, 5.74) is 1.02. The van der Waals surface area contributed by atoms with Gasteiger partial charge in [0, 0.05) is 18.3 Å². The van der Waals surface area contributed by atoms with Crippen LogP contribution in [0.15, 0.2) is 30.3 Å². The van der Waals surface area contributed by atoms with Crippen molar-refractivity contribution in [1.82, 2.24) is 4.90 Å². The number of benzene rings is 1. The third-order valence-electron chi connectivity index (χ3n) is 4.53. The number of para-hydroxylation sites is 1. The number of carbonyl (C=O) groups excluding carboxylic acids is 1. The van der Waals surface area contributed by atoms with Crippen molar-refractivity contribution in [1.29, 1.82) is 0 Å². The number of fused-ring (bicyclic) bond motifs is 1. The van der Waals surface area contributed by atoms with Crippen molar-refractivity contribution in [3.05, 3.63) is 30.3 Å². The molecule has 1 amide bonds. The number of amides is 1. The lowest BCUT2D eigenvalue weighted by Crippen LogP contribution is -2.48. The highest BCUT2D eigenvalue weighted by Gasteiger charge is 2.36. The van der Waals surface area contributed by atoms with E-state index in [1.807, 2.05) is 30.3 Å². The van der Waals surface area contributed by atoms with Crippen LogP contribution in [0.1, 0.15) is 32.1 Å². The predicted molar refractivity (Wildman–Crippen MR) is 77.0 cm³/mol. The zero-order valence-corrected chi connectivity index (χ0v) is 11.3. The van der Waals surface area contributed by atoms with E-state index in [0.717, 1.165) is 18.2 Å². The monoisotopic (exact) mass is 258 g/mol. The van der Waals surface area contributed by atoms with Crippen LogP contribution in [0.4, 0.5) is 5.69 Å². The van der Waals surface area contributed by atoms with Gasteiger partial charge in [0.05, 0.1) is 6.54 Å². The van der Waals surface area contributed by atoms with E-state index in [-0.39, 0.29) is 5.91 Å². The van der Waals surface area contributed by atoms with Crippen LogP contribution in [0.5, 0.6) is 0 Å². The molecule has 0 radical (unpaired) electrons. The van der Waals surface area contributed by atoms with Gasteiger partial charge < -0.3 is 10.2 Å². The fraction of sp³-hybridized carbons (Fsp3) is 0.562. The Bertz CT molecular complexity index is 432. The van der Waals surface area contributed by atoms with E-state index >= 15 is 0 Å². The molecule has 0 bridgehead atoms. The molecule has 3 heteroatoms. The molecule has 1 aliphatic carbocycles. The first-order valence-corrected chi connectivity index (χ1v) is 7.43. The smallest absolute Gasteiger partial charge is 0.242 e. The molecule has 1 heterocycles. The van der Waals surface area contributed by atoms with Crippen LogP contribution in [0.3, 0.4) is 0 Å². The van der Waals surface area contributed by atoms with Crippen LogP contribution in [-0.4, -0.2) is 29.9 Å². The van der Waals surface area contributed by atoms with E-state index in [1.54, 1.807) is 0 Å². The summed E-state index contributed by atoms with van der Waals surface area (Å²) in [6, 6.07) is 10.5. The fourth-order valence-corrected chi connectivity index (χ4v) is 3.60. The molecule has 102 valence electrons. The van der Waals surface area contributed by atoms with Crippen LogP contribution < -0.4 is 5.32 Å². The molecule has 0 spiro atoms. The van der Waals surface area contributed by atoms with Gasteiger partial charge in [-0.3, -0.25) is 4.79 Å². The maximum absolute atomic E-state index is 12.4. The molecule has 1 aromatic carbocycles. The lowest BCUT2D eigenvalue weighted by Gasteiger charge is -2.38. The first-order chi connectivity index (χ1) is 9.34. The molecule has 2 unspecified atom stereocenters. The van der Waals surface area contributed by atoms with E-state index in [4.69, 9.17) is 0 Å². The van der Waals surface area contributed by atoms with Crippen LogP contribution in [-0.2, 0) is 4.79 Å². The highest BCUT2D eigenvalue weighted by atomic mass is 16.2. The SMILES string of the molecule is O=C(CNc1ccccc1)N1CCCC2CCCC21. The van der Waals surface area contributed by atoms with Crippen molar-refractivity contribution in [2.75, 3.05) is 18.4 Å².